The molecule has 0 amide bonds. The van der Waals surface area contributed by atoms with Crippen LogP contribution in [-0.2, 0) is 6.42 Å². The van der Waals surface area contributed by atoms with Crippen LogP contribution >= 0.6 is 0 Å². The summed E-state index contributed by atoms with van der Waals surface area (Å²) in [4.78, 5) is 11.4. The van der Waals surface area contributed by atoms with Crippen molar-refractivity contribution in [1.29, 1.82) is 0 Å². The smallest absolute Gasteiger partial charge is 0.340 e. The van der Waals surface area contributed by atoms with Crippen LogP contribution < -0.4 is 9.47 Å². The molecule has 22 heavy (non-hydrogen) atoms. The van der Waals surface area contributed by atoms with Gasteiger partial charge in [-0.2, -0.15) is 0 Å². The van der Waals surface area contributed by atoms with Crippen LogP contribution in [0.25, 0.3) is 0 Å². The maximum Gasteiger partial charge on any atom is 0.340 e. The lowest BCUT2D eigenvalue weighted by Gasteiger charge is -2.18. The summed E-state index contributed by atoms with van der Waals surface area (Å²) in [5, 5.41) is 29.2. The summed E-state index contributed by atoms with van der Waals surface area (Å²) in [6, 6.07) is 0. The molecular weight excluding hydrogens is 288 g/mol. The first-order chi connectivity index (χ1) is 10.5. The van der Waals surface area contributed by atoms with Crippen molar-refractivity contribution in [3.8, 4) is 23.0 Å². The zero-order chi connectivity index (χ0) is 16.7. The molecule has 124 valence electrons. The van der Waals surface area contributed by atoms with Gasteiger partial charge in [0, 0.05) is 5.56 Å². The molecule has 0 heterocycles. The molecule has 1 aromatic rings. The highest BCUT2D eigenvalue weighted by Gasteiger charge is 2.28. The maximum absolute atomic E-state index is 11.4. The second-order valence-corrected chi connectivity index (χ2v) is 5.09. The number of benzene rings is 1. The van der Waals surface area contributed by atoms with Crippen LogP contribution in [0.3, 0.4) is 0 Å². The summed E-state index contributed by atoms with van der Waals surface area (Å²) in [6.45, 7) is 2.12. The number of carboxylic acid groups (broad SMARTS) is 1. The average Bonchev–Trinajstić information content (AvgIpc) is 2.49. The Hall–Kier alpha value is -2.11. The second kappa shape index (κ2) is 8.36. The number of phenolic OH excluding ortho intramolecular Hbond substituents is 1. The maximum atomic E-state index is 11.4. The van der Waals surface area contributed by atoms with E-state index in [1.54, 1.807) is 0 Å². The lowest BCUT2D eigenvalue weighted by atomic mass is 9.97. The third-order valence-electron chi connectivity index (χ3n) is 3.61. The molecule has 0 spiro atoms. The topological polar surface area (TPSA) is 96.2 Å². The van der Waals surface area contributed by atoms with Gasteiger partial charge in [-0.1, -0.05) is 32.6 Å². The molecule has 0 aliphatic carbocycles. The fourth-order valence-corrected chi connectivity index (χ4v) is 2.51. The number of ether oxygens (including phenoxy) is 2. The molecule has 0 atom stereocenters. The van der Waals surface area contributed by atoms with Gasteiger partial charge in [0.1, 0.15) is 5.56 Å². The normalized spacial score (nSPS) is 10.5. The number of carboxylic acids is 1. The SMILES string of the molecule is CCCCCCCc1c(OC)c(OC)c(O)c(O)c1C(=O)O. The Kier molecular flexibility index (Phi) is 6.82. The average molecular weight is 312 g/mol. The minimum absolute atomic E-state index is 0.0476. The van der Waals surface area contributed by atoms with Gasteiger partial charge < -0.3 is 24.8 Å². The Bertz CT molecular complexity index is 524. The summed E-state index contributed by atoms with van der Waals surface area (Å²) in [7, 11) is 2.70. The summed E-state index contributed by atoms with van der Waals surface area (Å²) in [5.41, 5.74) is 0.0179. The Morgan fingerprint density at radius 3 is 2.05 bits per heavy atom. The van der Waals surface area contributed by atoms with E-state index in [2.05, 4.69) is 6.92 Å². The molecule has 0 aliphatic rings. The Balaban J connectivity index is 3.20. The van der Waals surface area contributed by atoms with Crippen molar-refractivity contribution < 1.29 is 29.6 Å². The van der Waals surface area contributed by atoms with E-state index in [4.69, 9.17) is 9.47 Å². The van der Waals surface area contributed by atoms with E-state index in [1.807, 2.05) is 0 Å². The number of methoxy groups -OCH3 is 2. The van der Waals surface area contributed by atoms with Crippen molar-refractivity contribution in [2.75, 3.05) is 14.2 Å². The van der Waals surface area contributed by atoms with E-state index in [1.165, 1.54) is 14.2 Å². The summed E-state index contributed by atoms with van der Waals surface area (Å²) >= 11 is 0. The number of carbonyl (C=O) groups is 1. The van der Waals surface area contributed by atoms with Crippen LogP contribution in [-0.4, -0.2) is 35.5 Å². The van der Waals surface area contributed by atoms with Crippen LogP contribution in [0.1, 0.15) is 54.9 Å². The number of hydrogen-bond donors (Lipinski definition) is 3. The van der Waals surface area contributed by atoms with E-state index in [9.17, 15) is 20.1 Å². The van der Waals surface area contributed by atoms with E-state index < -0.39 is 17.5 Å². The third-order valence-corrected chi connectivity index (χ3v) is 3.61. The van der Waals surface area contributed by atoms with Crippen LogP contribution in [0, 0.1) is 0 Å². The molecule has 0 fully saturated rings. The number of aromatic carboxylic acids is 1. The second-order valence-electron chi connectivity index (χ2n) is 5.09. The Morgan fingerprint density at radius 2 is 1.55 bits per heavy atom. The molecule has 0 unspecified atom stereocenters. The fraction of sp³-hybridized carbons (Fsp3) is 0.562. The van der Waals surface area contributed by atoms with Crippen LogP contribution in [0.5, 0.6) is 23.0 Å². The van der Waals surface area contributed by atoms with E-state index in [-0.39, 0.29) is 17.1 Å². The standard InChI is InChI=1S/C16H24O6/c1-4-5-6-7-8-9-10-11(16(19)20)12(17)13(18)15(22-3)14(10)21-2/h17-18H,4-9H2,1-3H3,(H,19,20). The van der Waals surface area contributed by atoms with Gasteiger partial charge in [-0.05, 0) is 12.8 Å². The van der Waals surface area contributed by atoms with Crippen molar-refractivity contribution in [3.05, 3.63) is 11.1 Å². The van der Waals surface area contributed by atoms with Gasteiger partial charge >= 0.3 is 5.97 Å². The largest absolute Gasteiger partial charge is 0.504 e. The molecular formula is C16H24O6. The third kappa shape index (κ3) is 3.75. The molecule has 0 bridgehead atoms. The first-order valence-corrected chi connectivity index (χ1v) is 7.41. The molecule has 0 aliphatic heterocycles. The number of unbranched alkanes of at least 4 members (excludes halogenated alkanes) is 4. The van der Waals surface area contributed by atoms with Gasteiger partial charge in [0.2, 0.25) is 11.5 Å². The Labute approximate surface area is 130 Å². The van der Waals surface area contributed by atoms with Gasteiger partial charge in [0.15, 0.2) is 11.5 Å². The van der Waals surface area contributed by atoms with E-state index >= 15 is 0 Å². The van der Waals surface area contributed by atoms with E-state index in [0.29, 0.717) is 12.0 Å². The zero-order valence-corrected chi connectivity index (χ0v) is 13.3. The van der Waals surface area contributed by atoms with Crippen LogP contribution in [0.2, 0.25) is 0 Å². The first-order valence-electron chi connectivity index (χ1n) is 7.41. The molecule has 0 aromatic heterocycles. The molecule has 3 N–H and O–H groups in total. The monoisotopic (exact) mass is 312 g/mol. The minimum Gasteiger partial charge on any atom is -0.504 e. The van der Waals surface area contributed by atoms with Crippen molar-refractivity contribution in [1.82, 2.24) is 0 Å². The predicted molar refractivity (Wildman–Crippen MR) is 82.3 cm³/mol. The van der Waals surface area contributed by atoms with Crippen LogP contribution in [0.15, 0.2) is 0 Å². The summed E-state index contributed by atoms with van der Waals surface area (Å²) in [5.74, 6) is -2.50. The van der Waals surface area contributed by atoms with Gasteiger partial charge in [0.25, 0.3) is 0 Å². The van der Waals surface area contributed by atoms with Gasteiger partial charge in [0.05, 0.1) is 14.2 Å². The number of aromatic hydroxyl groups is 2. The Morgan fingerprint density at radius 1 is 0.955 bits per heavy atom. The van der Waals surface area contributed by atoms with Gasteiger partial charge in [-0.25, -0.2) is 4.79 Å². The quantitative estimate of drug-likeness (QED) is 0.478. The number of phenols is 2. The summed E-state index contributed by atoms with van der Waals surface area (Å²) in [6.07, 6.45) is 5.48. The van der Waals surface area contributed by atoms with E-state index in [0.717, 1.165) is 32.1 Å². The zero-order valence-electron chi connectivity index (χ0n) is 13.3. The van der Waals surface area contributed by atoms with Crippen molar-refractivity contribution in [3.63, 3.8) is 0 Å². The molecule has 0 saturated carbocycles. The molecule has 0 saturated heterocycles. The highest BCUT2D eigenvalue weighted by Crippen LogP contribution is 2.48. The highest BCUT2D eigenvalue weighted by atomic mass is 16.5. The van der Waals surface area contributed by atoms with Gasteiger partial charge in [-0.15, -0.1) is 0 Å². The molecule has 1 aromatic carbocycles. The van der Waals surface area contributed by atoms with Gasteiger partial charge in [-0.3, -0.25) is 0 Å². The highest BCUT2D eigenvalue weighted by molar-refractivity contribution is 5.95. The van der Waals surface area contributed by atoms with Crippen molar-refractivity contribution >= 4 is 5.97 Å². The molecule has 1 rings (SSSR count). The minimum atomic E-state index is -1.31. The predicted octanol–water partition coefficient (Wildman–Crippen LogP) is 3.33. The molecule has 6 nitrogen and oxygen atoms in total. The van der Waals surface area contributed by atoms with Crippen molar-refractivity contribution in [2.45, 2.75) is 45.4 Å². The number of hydrogen-bond acceptors (Lipinski definition) is 5. The number of rotatable bonds is 9. The van der Waals surface area contributed by atoms with Crippen LogP contribution in [0.4, 0.5) is 0 Å². The first kappa shape index (κ1) is 17.9. The lowest BCUT2D eigenvalue weighted by Crippen LogP contribution is -2.07. The lowest BCUT2D eigenvalue weighted by molar-refractivity contribution is 0.0690. The van der Waals surface area contributed by atoms with Crippen molar-refractivity contribution in [2.24, 2.45) is 0 Å². The molecule has 0 radical (unpaired) electrons. The fourth-order valence-electron chi connectivity index (χ4n) is 2.51. The molecule has 6 heteroatoms. The summed E-state index contributed by atoms with van der Waals surface area (Å²) < 4.78 is 10.3.